The summed E-state index contributed by atoms with van der Waals surface area (Å²) in [7, 11) is 0. The van der Waals surface area contributed by atoms with Crippen molar-refractivity contribution in [3.8, 4) is 0 Å². The summed E-state index contributed by atoms with van der Waals surface area (Å²) < 4.78 is 5.80. The van der Waals surface area contributed by atoms with Crippen LogP contribution in [0.25, 0.3) is 0 Å². The first kappa shape index (κ1) is 12.7. The van der Waals surface area contributed by atoms with Crippen molar-refractivity contribution in [2.24, 2.45) is 4.99 Å². The maximum absolute atomic E-state index is 5.80. The highest BCUT2D eigenvalue weighted by Crippen LogP contribution is 2.18. The van der Waals surface area contributed by atoms with Crippen LogP contribution in [0.1, 0.15) is 30.4 Å². The van der Waals surface area contributed by atoms with Gasteiger partial charge in [0.05, 0.1) is 12.1 Å². The van der Waals surface area contributed by atoms with E-state index in [-0.39, 0.29) is 0 Å². The van der Waals surface area contributed by atoms with Crippen LogP contribution in [0.4, 0.5) is 0 Å². The lowest BCUT2D eigenvalue weighted by atomic mass is 10.0. The second-order valence-electron chi connectivity index (χ2n) is 5.57. The number of hydrogen-bond acceptors (Lipinski definition) is 3. The van der Waals surface area contributed by atoms with Crippen molar-refractivity contribution in [2.75, 3.05) is 13.2 Å². The van der Waals surface area contributed by atoms with E-state index in [2.05, 4.69) is 36.5 Å². The Morgan fingerprint density at radius 1 is 1.32 bits per heavy atom. The Bertz CT molecular complexity index is 464. The Kier molecular flexibility index (Phi) is 3.83. The molecule has 0 aliphatic carbocycles. The van der Waals surface area contributed by atoms with E-state index in [9.17, 15) is 0 Å². The van der Waals surface area contributed by atoms with E-state index in [1.165, 1.54) is 24.0 Å². The fourth-order valence-corrected chi connectivity index (χ4v) is 2.89. The third-order valence-corrected chi connectivity index (χ3v) is 4.06. The van der Waals surface area contributed by atoms with Gasteiger partial charge in [0.2, 0.25) is 5.90 Å². The fraction of sp³-hybridized carbons (Fsp3) is 0.562. The van der Waals surface area contributed by atoms with Crippen LogP contribution in [-0.2, 0) is 11.2 Å². The highest BCUT2D eigenvalue weighted by molar-refractivity contribution is 5.83. The second kappa shape index (κ2) is 5.74. The molecule has 1 N–H and O–H groups in total. The molecule has 0 bridgehead atoms. The second-order valence-corrected chi connectivity index (χ2v) is 5.57. The first-order chi connectivity index (χ1) is 9.33. The van der Waals surface area contributed by atoms with Crippen LogP contribution in [-0.4, -0.2) is 31.1 Å². The highest BCUT2D eigenvalue weighted by atomic mass is 16.5. The molecule has 0 saturated carbocycles. The zero-order chi connectivity index (χ0) is 13.1. The zero-order valence-electron chi connectivity index (χ0n) is 11.6. The Morgan fingerprint density at radius 3 is 3.00 bits per heavy atom. The molecule has 0 amide bonds. The number of nitrogens with zero attached hydrogens (tertiary/aromatic N) is 1. The quantitative estimate of drug-likeness (QED) is 0.903. The van der Waals surface area contributed by atoms with Crippen LogP contribution in [0.5, 0.6) is 0 Å². The minimum atomic E-state index is 0.292. The van der Waals surface area contributed by atoms with Crippen molar-refractivity contribution in [3.63, 3.8) is 0 Å². The largest absolute Gasteiger partial charge is 0.478 e. The molecule has 1 saturated heterocycles. The van der Waals surface area contributed by atoms with E-state index < -0.39 is 0 Å². The molecule has 3 nitrogen and oxygen atoms in total. The number of nitrogens with one attached hydrogen (secondary N) is 1. The van der Waals surface area contributed by atoms with E-state index in [0.29, 0.717) is 12.1 Å². The van der Waals surface area contributed by atoms with Crippen molar-refractivity contribution < 1.29 is 4.74 Å². The monoisotopic (exact) mass is 258 g/mol. The van der Waals surface area contributed by atoms with Gasteiger partial charge in [-0.05, 0) is 43.9 Å². The summed E-state index contributed by atoms with van der Waals surface area (Å²) in [6.45, 7) is 4.00. The van der Waals surface area contributed by atoms with Crippen molar-refractivity contribution in [3.05, 3.63) is 35.4 Å². The van der Waals surface area contributed by atoms with Gasteiger partial charge in [-0.2, -0.15) is 0 Å². The lowest BCUT2D eigenvalue weighted by molar-refractivity contribution is 0.291. The number of aryl methyl sites for hydroxylation is 1. The van der Waals surface area contributed by atoms with Crippen LogP contribution in [0.3, 0.4) is 0 Å². The van der Waals surface area contributed by atoms with E-state index in [1.807, 2.05) is 0 Å². The molecule has 2 unspecified atom stereocenters. The van der Waals surface area contributed by atoms with E-state index >= 15 is 0 Å². The van der Waals surface area contributed by atoms with Crippen molar-refractivity contribution in [2.45, 2.75) is 44.7 Å². The Morgan fingerprint density at radius 2 is 2.21 bits per heavy atom. The fourth-order valence-electron chi connectivity index (χ4n) is 2.89. The van der Waals surface area contributed by atoms with Gasteiger partial charge in [0.25, 0.3) is 0 Å². The minimum absolute atomic E-state index is 0.292. The number of rotatable bonds is 3. The molecule has 2 aliphatic heterocycles. The zero-order valence-corrected chi connectivity index (χ0v) is 11.6. The number of piperidine rings is 1. The maximum atomic E-state index is 5.80. The van der Waals surface area contributed by atoms with Gasteiger partial charge >= 0.3 is 0 Å². The molecule has 1 aromatic rings. The number of ether oxygens (including phenoxy) is 1. The summed E-state index contributed by atoms with van der Waals surface area (Å²) in [5.74, 6) is 0.943. The molecule has 19 heavy (non-hydrogen) atoms. The predicted octanol–water partition coefficient (Wildman–Crippen LogP) is 2.48. The number of benzene rings is 1. The van der Waals surface area contributed by atoms with Gasteiger partial charge in [0.1, 0.15) is 6.61 Å². The Balaban J connectivity index is 1.64. The number of aliphatic imine (C=N–C) groups is 1. The molecule has 3 heteroatoms. The van der Waals surface area contributed by atoms with Crippen molar-refractivity contribution >= 4 is 5.90 Å². The molecule has 2 aliphatic rings. The Hall–Kier alpha value is -1.35. The maximum Gasteiger partial charge on any atom is 0.201 e. The summed E-state index contributed by atoms with van der Waals surface area (Å²) in [4.78, 5) is 4.78. The summed E-state index contributed by atoms with van der Waals surface area (Å²) in [6.07, 6.45) is 4.71. The molecule has 0 radical (unpaired) electrons. The summed E-state index contributed by atoms with van der Waals surface area (Å²) >= 11 is 0. The van der Waals surface area contributed by atoms with E-state index in [4.69, 9.17) is 9.73 Å². The van der Waals surface area contributed by atoms with Crippen LogP contribution in [0.15, 0.2) is 29.3 Å². The standard InChI is InChI=1S/C16H22N2O/c1-12-6-2-3-7-13(12)10-14-11-19-16(18-14)15-8-4-5-9-17-15/h2-3,6-7,14-15,17H,4-5,8-11H2,1H3. The third kappa shape index (κ3) is 2.98. The molecule has 2 atom stereocenters. The normalized spacial score (nSPS) is 26.9. The van der Waals surface area contributed by atoms with Gasteiger partial charge in [0, 0.05) is 0 Å². The summed E-state index contributed by atoms with van der Waals surface area (Å²) in [6, 6.07) is 9.20. The molecule has 2 heterocycles. The third-order valence-electron chi connectivity index (χ3n) is 4.06. The topological polar surface area (TPSA) is 33.6 Å². The minimum Gasteiger partial charge on any atom is -0.478 e. The number of hydrogen-bond donors (Lipinski definition) is 1. The first-order valence-corrected chi connectivity index (χ1v) is 7.31. The van der Waals surface area contributed by atoms with Crippen LogP contribution in [0.2, 0.25) is 0 Å². The molecule has 3 rings (SSSR count). The van der Waals surface area contributed by atoms with Gasteiger partial charge < -0.3 is 10.1 Å². The lowest BCUT2D eigenvalue weighted by Crippen LogP contribution is -2.40. The van der Waals surface area contributed by atoms with Gasteiger partial charge in [-0.3, -0.25) is 0 Å². The van der Waals surface area contributed by atoms with Crippen LogP contribution >= 0.6 is 0 Å². The van der Waals surface area contributed by atoms with Gasteiger partial charge in [0.15, 0.2) is 0 Å². The molecule has 102 valence electrons. The SMILES string of the molecule is Cc1ccccc1CC1COC(C2CCCCN2)=N1. The van der Waals surface area contributed by atoms with Gasteiger partial charge in [-0.25, -0.2) is 4.99 Å². The smallest absolute Gasteiger partial charge is 0.201 e. The van der Waals surface area contributed by atoms with Crippen molar-refractivity contribution in [1.82, 2.24) is 5.32 Å². The van der Waals surface area contributed by atoms with Crippen LogP contribution < -0.4 is 5.32 Å². The van der Waals surface area contributed by atoms with Crippen molar-refractivity contribution in [1.29, 1.82) is 0 Å². The molecular weight excluding hydrogens is 236 g/mol. The van der Waals surface area contributed by atoms with Gasteiger partial charge in [-0.15, -0.1) is 0 Å². The first-order valence-electron chi connectivity index (χ1n) is 7.31. The predicted molar refractivity (Wildman–Crippen MR) is 77.7 cm³/mol. The molecular formula is C16H22N2O. The molecule has 1 fully saturated rings. The van der Waals surface area contributed by atoms with E-state index in [0.717, 1.165) is 31.9 Å². The highest BCUT2D eigenvalue weighted by Gasteiger charge is 2.27. The average molecular weight is 258 g/mol. The Labute approximate surface area is 115 Å². The van der Waals surface area contributed by atoms with Gasteiger partial charge in [-0.1, -0.05) is 30.7 Å². The molecule has 1 aromatic carbocycles. The summed E-state index contributed by atoms with van der Waals surface area (Å²) in [5.41, 5.74) is 2.74. The molecule has 0 aromatic heterocycles. The summed E-state index contributed by atoms with van der Waals surface area (Å²) in [5, 5.41) is 3.50. The lowest BCUT2D eigenvalue weighted by Gasteiger charge is -2.22. The average Bonchev–Trinajstić information content (AvgIpc) is 2.91. The van der Waals surface area contributed by atoms with E-state index in [1.54, 1.807) is 0 Å². The molecule has 0 spiro atoms. The van der Waals surface area contributed by atoms with Crippen LogP contribution in [0, 0.1) is 6.92 Å².